The number of carbonyl (C=O) groups excluding carboxylic acids is 1. The third-order valence-corrected chi connectivity index (χ3v) is 6.03. The first-order chi connectivity index (χ1) is 16.0. The quantitative estimate of drug-likeness (QED) is 0.281. The molecule has 0 aliphatic rings. The first-order valence-electron chi connectivity index (χ1n) is 10.6. The Morgan fingerprint density at radius 2 is 1.73 bits per heavy atom. The van der Waals surface area contributed by atoms with Crippen molar-refractivity contribution >= 4 is 49.4 Å². The molecule has 0 aliphatic carbocycles. The number of nitrogens with one attached hydrogen (secondary N) is 1. The number of rotatable bonds is 5. The highest BCUT2D eigenvalue weighted by Gasteiger charge is 2.13. The van der Waals surface area contributed by atoms with E-state index >= 15 is 0 Å². The minimum atomic E-state index is -0.240. The first-order valence-corrected chi connectivity index (χ1v) is 11.3. The van der Waals surface area contributed by atoms with E-state index in [-0.39, 0.29) is 12.5 Å². The molecule has 1 aromatic heterocycles. The van der Waals surface area contributed by atoms with Gasteiger partial charge >= 0.3 is 0 Å². The molecule has 0 saturated carbocycles. The van der Waals surface area contributed by atoms with Gasteiger partial charge in [-0.05, 0) is 78.2 Å². The van der Waals surface area contributed by atoms with Gasteiger partial charge in [-0.15, -0.1) is 0 Å². The summed E-state index contributed by atoms with van der Waals surface area (Å²) in [5.74, 6) is 0.979. The molecular weight excluding hydrogens is 480 g/mol. The average Bonchev–Trinajstić information content (AvgIpc) is 3.20. The largest absolute Gasteiger partial charge is 0.484 e. The number of hydrogen-bond donors (Lipinski definition) is 1. The summed E-state index contributed by atoms with van der Waals surface area (Å²) < 4.78 is 12.7. The molecule has 0 fully saturated rings. The molecule has 6 heteroatoms. The number of ether oxygens (including phenoxy) is 1. The van der Waals surface area contributed by atoms with Crippen molar-refractivity contribution in [3.05, 3.63) is 88.4 Å². The zero-order valence-corrected chi connectivity index (χ0v) is 19.8. The second-order valence-corrected chi connectivity index (χ2v) is 8.86. The predicted octanol–water partition coefficient (Wildman–Crippen LogP) is 7.04. The van der Waals surface area contributed by atoms with E-state index in [2.05, 4.69) is 38.4 Å². The SMILES string of the molecule is Cc1cc(C)cc(OCC(=O)Nc2ccc3oc(-c4cccc5c(Br)cccc45)nc3c2)c1. The molecule has 1 heterocycles. The van der Waals surface area contributed by atoms with E-state index in [0.717, 1.165) is 31.9 Å². The van der Waals surface area contributed by atoms with Crippen molar-refractivity contribution in [1.82, 2.24) is 4.98 Å². The highest BCUT2D eigenvalue weighted by atomic mass is 79.9. The topological polar surface area (TPSA) is 64.4 Å². The van der Waals surface area contributed by atoms with Crippen LogP contribution in [0.1, 0.15) is 11.1 Å². The van der Waals surface area contributed by atoms with Gasteiger partial charge in [-0.2, -0.15) is 0 Å². The van der Waals surface area contributed by atoms with Crippen molar-refractivity contribution in [1.29, 1.82) is 0 Å². The minimum absolute atomic E-state index is 0.0735. The lowest BCUT2D eigenvalue weighted by Crippen LogP contribution is -2.20. The summed E-state index contributed by atoms with van der Waals surface area (Å²) in [5.41, 5.74) is 5.06. The van der Waals surface area contributed by atoms with Crippen LogP contribution in [0.4, 0.5) is 5.69 Å². The number of aryl methyl sites for hydroxylation is 2. The lowest BCUT2D eigenvalue weighted by atomic mass is 10.0. The molecule has 0 bridgehead atoms. The molecule has 1 N–H and O–H groups in total. The van der Waals surface area contributed by atoms with Crippen LogP contribution in [0.25, 0.3) is 33.3 Å². The van der Waals surface area contributed by atoms with Gasteiger partial charge in [0.15, 0.2) is 12.2 Å². The normalized spacial score (nSPS) is 11.1. The Bertz CT molecular complexity index is 1490. The summed E-state index contributed by atoms with van der Waals surface area (Å²) in [6.45, 7) is 3.92. The fraction of sp³-hybridized carbons (Fsp3) is 0.111. The Kier molecular flexibility index (Phi) is 5.60. The molecule has 0 spiro atoms. The molecule has 5 rings (SSSR count). The van der Waals surface area contributed by atoms with Gasteiger partial charge in [0.2, 0.25) is 5.89 Å². The number of amides is 1. The molecule has 5 nitrogen and oxygen atoms in total. The van der Waals surface area contributed by atoms with Gasteiger partial charge in [0.1, 0.15) is 11.3 Å². The van der Waals surface area contributed by atoms with Gasteiger partial charge in [-0.25, -0.2) is 4.98 Å². The van der Waals surface area contributed by atoms with Gasteiger partial charge in [0.05, 0.1) is 0 Å². The third kappa shape index (κ3) is 4.47. The van der Waals surface area contributed by atoms with E-state index in [1.807, 2.05) is 62.4 Å². The minimum Gasteiger partial charge on any atom is -0.484 e. The zero-order valence-electron chi connectivity index (χ0n) is 18.2. The number of nitrogens with zero attached hydrogens (tertiary/aromatic N) is 1. The van der Waals surface area contributed by atoms with Crippen LogP contribution in [0.3, 0.4) is 0 Å². The van der Waals surface area contributed by atoms with Crippen LogP contribution in [-0.4, -0.2) is 17.5 Å². The maximum absolute atomic E-state index is 12.4. The molecule has 0 radical (unpaired) electrons. The standard InChI is InChI=1S/C27H21BrN2O3/c1-16-11-17(2)13-19(12-16)32-15-26(31)29-18-9-10-25-24(14-18)30-27(33-25)22-7-3-6-21-20(22)5-4-8-23(21)28/h3-14H,15H2,1-2H3,(H,29,31). The van der Waals surface area contributed by atoms with Crippen LogP contribution in [0, 0.1) is 13.8 Å². The molecule has 5 aromatic rings. The molecular formula is C27H21BrN2O3. The molecule has 4 aromatic carbocycles. The predicted molar refractivity (Wildman–Crippen MR) is 135 cm³/mol. The molecule has 0 aliphatic heterocycles. The Hall–Kier alpha value is -3.64. The second kappa shape index (κ2) is 8.71. The van der Waals surface area contributed by atoms with E-state index in [1.165, 1.54) is 0 Å². The van der Waals surface area contributed by atoms with Crippen LogP contribution in [-0.2, 0) is 4.79 Å². The molecule has 0 saturated heterocycles. The molecule has 0 unspecified atom stereocenters. The van der Waals surface area contributed by atoms with E-state index in [1.54, 1.807) is 12.1 Å². The lowest BCUT2D eigenvalue weighted by molar-refractivity contribution is -0.118. The Balaban J connectivity index is 1.36. The Morgan fingerprint density at radius 1 is 0.970 bits per heavy atom. The van der Waals surface area contributed by atoms with Gasteiger partial charge in [-0.1, -0.05) is 46.3 Å². The number of hydrogen-bond acceptors (Lipinski definition) is 4. The van der Waals surface area contributed by atoms with Crippen LogP contribution >= 0.6 is 15.9 Å². The number of oxazole rings is 1. The van der Waals surface area contributed by atoms with Crippen molar-refractivity contribution in [2.75, 3.05) is 11.9 Å². The van der Waals surface area contributed by atoms with Gasteiger partial charge in [-0.3, -0.25) is 4.79 Å². The first kappa shape index (κ1) is 21.2. The summed E-state index contributed by atoms with van der Waals surface area (Å²) >= 11 is 3.60. The third-order valence-electron chi connectivity index (χ3n) is 5.34. The number of aromatic nitrogens is 1. The molecule has 0 atom stereocenters. The van der Waals surface area contributed by atoms with Crippen molar-refractivity contribution in [2.45, 2.75) is 13.8 Å². The van der Waals surface area contributed by atoms with Crippen molar-refractivity contribution < 1.29 is 13.9 Å². The highest BCUT2D eigenvalue weighted by Crippen LogP contribution is 2.34. The van der Waals surface area contributed by atoms with Gasteiger partial charge in [0, 0.05) is 15.7 Å². The number of fused-ring (bicyclic) bond motifs is 2. The second-order valence-electron chi connectivity index (χ2n) is 8.00. The van der Waals surface area contributed by atoms with E-state index < -0.39 is 0 Å². The Morgan fingerprint density at radius 3 is 2.55 bits per heavy atom. The zero-order chi connectivity index (χ0) is 22.9. The highest BCUT2D eigenvalue weighted by molar-refractivity contribution is 9.10. The van der Waals surface area contributed by atoms with E-state index in [0.29, 0.717) is 28.4 Å². The average molecular weight is 501 g/mol. The fourth-order valence-corrected chi connectivity index (χ4v) is 4.44. The number of benzene rings is 4. The summed E-state index contributed by atoms with van der Waals surface area (Å²) in [7, 11) is 0. The maximum atomic E-state index is 12.4. The molecule has 33 heavy (non-hydrogen) atoms. The smallest absolute Gasteiger partial charge is 0.262 e. The van der Waals surface area contributed by atoms with Crippen LogP contribution in [0.5, 0.6) is 5.75 Å². The lowest BCUT2D eigenvalue weighted by Gasteiger charge is -2.09. The van der Waals surface area contributed by atoms with Crippen LogP contribution in [0.15, 0.2) is 81.7 Å². The molecule has 1 amide bonds. The Labute approximate surface area is 199 Å². The van der Waals surface area contributed by atoms with Crippen molar-refractivity contribution in [3.63, 3.8) is 0 Å². The van der Waals surface area contributed by atoms with Gasteiger partial charge < -0.3 is 14.5 Å². The maximum Gasteiger partial charge on any atom is 0.262 e. The summed E-state index contributed by atoms with van der Waals surface area (Å²) in [6, 6.07) is 23.4. The monoisotopic (exact) mass is 500 g/mol. The van der Waals surface area contributed by atoms with Gasteiger partial charge in [0.25, 0.3) is 5.91 Å². The number of anilines is 1. The summed E-state index contributed by atoms with van der Waals surface area (Å²) in [4.78, 5) is 17.1. The fourth-order valence-electron chi connectivity index (χ4n) is 3.94. The van der Waals surface area contributed by atoms with Crippen molar-refractivity contribution in [3.8, 4) is 17.2 Å². The number of carbonyl (C=O) groups is 1. The number of halogens is 1. The summed E-state index contributed by atoms with van der Waals surface area (Å²) in [6.07, 6.45) is 0. The van der Waals surface area contributed by atoms with E-state index in [4.69, 9.17) is 9.15 Å². The van der Waals surface area contributed by atoms with Crippen LogP contribution < -0.4 is 10.1 Å². The van der Waals surface area contributed by atoms with E-state index in [9.17, 15) is 4.79 Å². The van der Waals surface area contributed by atoms with Crippen LogP contribution in [0.2, 0.25) is 0 Å². The molecule has 164 valence electrons. The van der Waals surface area contributed by atoms with Crippen molar-refractivity contribution in [2.24, 2.45) is 0 Å². The summed E-state index contributed by atoms with van der Waals surface area (Å²) in [5, 5.41) is 5.01.